The number of hydrogen-bond donors (Lipinski definition) is 2. The predicted molar refractivity (Wildman–Crippen MR) is 76.1 cm³/mol. The summed E-state index contributed by atoms with van der Waals surface area (Å²) in [7, 11) is 0. The van der Waals surface area contributed by atoms with Gasteiger partial charge in [0.1, 0.15) is 0 Å². The molecule has 2 aromatic rings. The van der Waals surface area contributed by atoms with Gasteiger partial charge in [0.25, 0.3) is 0 Å². The van der Waals surface area contributed by atoms with Gasteiger partial charge in [-0.3, -0.25) is 4.79 Å². The quantitative estimate of drug-likeness (QED) is 0.866. The van der Waals surface area contributed by atoms with Crippen LogP contribution in [0.5, 0.6) is 0 Å². The highest BCUT2D eigenvalue weighted by Gasteiger charge is 2.06. The van der Waals surface area contributed by atoms with Gasteiger partial charge in [-0.25, -0.2) is 0 Å². The lowest BCUT2D eigenvalue weighted by molar-refractivity contribution is -0.118. The largest absolute Gasteiger partial charge is 0.361 e. The first-order valence-corrected chi connectivity index (χ1v) is 6.86. The molecule has 1 aromatic heterocycles. The van der Waals surface area contributed by atoms with Crippen LogP contribution in [0.4, 0.5) is 0 Å². The Hall–Kier alpha value is -0.810. The van der Waals surface area contributed by atoms with Gasteiger partial charge in [0.15, 0.2) is 0 Å². The fourth-order valence-electron chi connectivity index (χ4n) is 1.75. The summed E-state index contributed by atoms with van der Waals surface area (Å²) in [6.07, 6.45) is 2.82. The number of fused-ring (bicyclic) bond motifs is 1. The van der Waals surface area contributed by atoms with E-state index in [1.165, 1.54) is 17.9 Å². The highest BCUT2D eigenvalue weighted by atomic mass is 79.9. The lowest BCUT2D eigenvalue weighted by atomic mass is 10.1. The number of rotatable bonds is 3. The zero-order chi connectivity index (χ0) is 12.4. The van der Waals surface area contributed by atoms with Crippen molar-refractivity contribution in [1.29, 1.82) is 0 Å². The fraction of sp³-hybridized carbons (Fsp3) is 0.250. The second-order valence-electron chi connectivity index (χ2n) is 3.86. The summed E-state index contributed by atoms with van der Waals surface area (Å²) >= 11 is 6.97. The maximum atomic E-state index is 10.8. The summed E-state index contributed by atoms with van der Waals surface area (Å²) in [5, 5.41) is 3.99. The SMILES string of the molecule is CC(=O)NCCc1c[nH]c2cc(Br)c(Br)cc12. The van der Waals surface area contributed by atoms with Gasteiger partial charge >= 0.3 is 0 Å². The van der Waals surface area contributed by atoms with Gasteiger partial charge in [0.2, 0.25) is 5.91 Å². The summed E-state index contributed by atoms with van der Waals surface area (Å²) < 4.78 is 2.06. The molecule has 5 heteroatoms. The van der Waals surface area contributed by atoms with E-state index in [0.29, 0.717) is 6.54 Å². The van der Waals surface area contributed by atoms with E-state index in [9.17, 15) is 4.79 Å². The van der Waals surface area contributed by atoms with E-state index in [-0.39, 0.29) is 5.91 Å². The van der Waals surface area contributed by atoms with Crippen molar-refractivity contribution in [3.05, 3.63) is 32.8 Å². The van der Waals surface area contributed by atoms with E-state index in [0.717, 1.165) is 20.9 Å². The Morgan fingerprint density at radius 3 is 2.76 bits per heavy atom. The first-order valence-electron chi connectivity index (χ1n) is 5.27. The first-order chi connectivity index (χ1) is 8.08. The Morgan fingerprint density at radius 1 is 1.35 bits per heavy atom. The number of hydrogen-bond acceptors (Lipinski definition) is 1. The average molecular weight is 360 g/mol. The molecule has 3 nitrogen and oxygen atoms in total. The number of amides is 1. The van der Waals surface area contributed by atoms with Crippen molar-refractivity contribution >= 4 is 48.7 Å². The van der Waals surface area contributed by atoms with Crippen LogP contribution in [0, 0.1) is 0 Å². The van der Waals surface area contributed by atoms with Crippen molar-refractivity contribution in [2.45, 2.75) is 13.3 Å². The zero-order valence-electron chi connectivity index (χ0n) is 9.31. The Bertz CT molecular complexity index is 563. The molecular weight excluding hydrogens is 348 g/mol. The topological polar surface area (TPSA) is 44.9 Å². The van der Waals surface area contributed by atoms with Crippen LogP contribution in [0.25, 0.3) is 10.9 Å². The lowest BCUT2D eigenvalue weighted by Crippen LogP contribution is -2.22. The van der Waals surface area contributed by atoms with Crippen LogP contribution in [0.2, 0.25) is 0 Å². The van der Waals surface area contributed by atoms with Crippen molar-refractivity contribution in [2.24, 2.45) is 0 Å². The number of halogens is 2. The average Bonchev–Trinajstić information content (AvgIpc) is 2.62. The smallest absolute Gasteiger partial charge is 0.216 e. The van der Waals surface area contributed by atoms with Crippen LogP contribution in [0.1, 0.15) is 12.5 Å². The number of benzene rings is 1. The molecule has 0 aliphatic rings. The van der Waals surface area contributed by atoms with Gasteiger partial charge < -0.3 is 10.3 Å². The minimum Gasteiger partial charge on any atom is -0.361 e. The number of nitrogens with one attached hydrogen (secondary N) is 2. The molecule has 0 unspecified atom stereocenters. The molecule has 0 bridgehead atoms. The Labute approximate surface area is 116 Å². The summed E-state index contributed by atoms with van der Waals surface area (Å²) in [6, 6.07) is 4.13. The van der Waals surface area contributed by atoms with Crippen molar-refractivity contribution < 1.29 is 4.79 Å². The Balaban J connectivity index is 2.23. The van der Waals surface area contributed by atoms with Gasteiger partial charge in [-0.1, -0.05) is 0 Å². The molecule has 0 aliphatic heterocycles. The number of carbonyl (C=O) groups excluding carboxylic acids is 1. The first kappa shape index (κ1) is 12.6. The monoisotopic (exact) mass is 358 g/mol. The van der Waals surface area contributed by atoms with E-state index in [1.54, 1.807) is 0 Å². The molecule has 2 rings (SSSR count). The van der Waals surface area contributed by atoms with Crippen LogP contribution in [0.15, 0.2) is 27.3 Å². The molecule has 90 valence electrons. The van der Waals surface area contributed by atoms with Crippen molar-refractivity contribution in [3.63, 3.8) is 0 Å². The molecule has 0 fully saturated rings. The molecule has 0 aliphatic carbocycles. The van der Waals surface area contributed by atoms with Crippen LogP contribution in [0.3, 0.4) is 0 Å². The molecule has 17 heavy (non-hydrogen) atoms. The lowest BCUT2D eigenvalue weighted by Gasteiger charge is -2.02. The molecule has 1 aromatic carbocycles. The summed E-state index contributed by atoms with van der Waals surface area (Å²) in [5.74, 6) is 0.00812. The Morgan fingerprint density at radius 2 is 2.06 bits per heavy atom. The second-order valence-corrected chi connectivity index (χ2v) is 5.57. The van der Waals surface area contributed by atoms with Crippen LogP contribution in [-0.4, -0.2) is 17.4 Å². The number of aromatic nitrogens is 1. The van der Waals surface area contributed by atoms with Crippen LogP contribution in [-0.2, 0) is 11.2 Å². The maximum absolute atomic E-state index is 10.8. The molecule has 0 saturated heterocycles. The molecule has 0 spiro atoms. The molecule has 2 N–H and O–H groups in total. The molecule has 0 atom stereocenters. The second kappa shape index (κ2) is 5.23. The van der Waals surface area contributed by atoms with Crippen LogP contribution < -0.4 is 5.32 Å². The molecular formula is C12H12Br2N2O. The van der Waals surface area contributed by atoms with E-state index in [1.807, 2.05) is 12.3 Å². The zero-order valence-corrected chi connectivity index (χ0v) is 12.5. The van der Waals surface area contributed by atoms with Gasteiger partial charge in [0.05, 0.1) is 0 Å². The third kappa shape index (κ3) is 2.90. The van der Waals surface area contributed by atoms with E-state index in [4.69, 9.17) is 0 Å². The van der Waals surface area contributed by atoms with Crippen LogP contribution >= 0.6 is 31.9 Å². The van der Waals surface area contributed by atoms with Gasteiger partial charge in [-0.15, -0.1) is 0 Å². The number of aromatic amines is 1. The maximum Gasteiger partial charge on any atom is 0.216 e. The molecule has 1 amide bonds. The third-order valence-corrected chi connectivity index (χ3v) is 4.42. The molecule has 1 heterocycles. The minimum absolute atomic E-state index is 0.00812. The third-order valence-electron chi connectivity index (χ3n) is 2.58. The summed E-state index contributed by atoms with van der Waals surface area (Å²) in [6.45, 7) is 2.19. The normalized spacial score (nSPS) is 10.8. The van der Waals surface area contributed by atoms with Crippen molar-refractivity contribution in [1.82, 2.24) is 10.3 Å². The van der Waals surface area contributed by atoms with Crippen molar-refractivity contribution in [3.8, 4) is 0 Å². The fourth-order valence-corrected chi connectivity index (χ4v) is 2.44. The highest BCUT2D eigenvalue weighted by molar-refractivity contribution is 9.13. The van der Waals surface area contributed by atoms with Gasteiger partial charge in [0, 0.05) is 39.5 Å². The van der Waals surface area contributed by atoms with Crippen molar-refractivity contribution in [2.75, 3.05) is 6.54 Å². The van der Waals surface area contributed by atoms with E-state index < -0.39 is 0 Å². The highest BCUT2D eigenvalue weighted by Crippen LogP contribution is 2.30. The van der Waals surface area contributed by atoms with E-state index in [2.05, 4.69) is 48.2 Å². The van der Waals surface area contributed by atoms with E-state index >= 15 is 0 Å². The predicted octanol–water partition coefficient (Wildman–Crippen LogP) is 3.37. The summed E-state index contributed by atoms with van der Waals surface area (Å²) in [4.78, 5) is 14.0. The Kier molecular flexibility index (Phi) is 3.89. The standard InChI is InChI=1S/C12H12Br2N2O/c1-7(17)15-3-2-8-6-16-12-5-11(14)10(13)4-9(8)12/h4-6,16H,2-3H2,1H3,(H,15,17). The number of H-pyrrole nitrogens is 1. The van der Waals surface area contributed by atoms with Gasteiger partial charge in [-0.05, 0) is 56.0 Å². The summed E-state index contributed by atoms with van der Waals surface area (Å²) in [5.41, 5.74) is 2.31. The van der Waals surface area contributed by atoms with Gasteiger partial charge in [-0.2, -0.15) is 0 Å². The molecule has 0 saturated carbocycles. The minimum atomic E-state index is 0.00812. The molecule has 0 radical (unpaired) electrons. The number of carbonyl (C=O) groups is 1.